The summed E-state index contributed by atoms with van der Waals surface area (Å²) < 4.78 is 11.9. The van der Waals surface area contributed by atoms with Gasteiger partial charge >= 0.3 is 0 Å². The highest BCUT2D eigenvalue weighted by Crippen LogP contribution is 2.28. The third kappa shape index (κ3) is 4.39. The van der Waals surface area contributed by atoms with Crippen molar-refractivity contribution in [2.45, 2.75) is 12.4 Å². The summed E-state index contributed by atoms with van der Waals surface area (Å²) in [4.78, 5) is 18.8. The molecule has 1 aliphatic heterocycles. The SMILES string of the molecule is O=C(c1ccccc1)N1C[C@@H](COc2ccccc2)O[C@@H](c2ccccc2)O1. The molecular formula is C23H21NO4. The molecular weight excluding hydrogens is 354 g/mol. The van der Waals surface area contributed by atoms with Gasteiger partial charge in [0, 0.05) is 11.1 Å². The Morgan fingerprint density at radius 1 is 0.893 bits per heavy atom. The summed E-state index contributed by atoms with van der Waals surface area (Å²) in [5, 5.41) is 1.37. The minimum absolute atomic E-state index is 0.199. The topological polar surface area (TPSA) is 48.0 Å². The first kappa shape index (κ1) is 18.2. The lowest BCUT2D eigenvalue weighted by Gasteiger charge is -2.37. The molecule has 3 aromatic carbocycles. The zero-order valence-corrected chi connectivity index (χ0v) is 15.3. The van der Waals surface area contributed by atoms with Crippen molar-refractivity contribution >= 4 is 5.91 Å². The van der Waals surface area contributed by atoms with E-state index in [2.05, 4.69) is 0 Å². The monoisotopic (exact) mass is 375 g/mol. The van der Waals surface area contributed by atoms with E-state index in [1.165, 1.54) is 5.06 Å². The van der Waals surface area contributed by atoms with Gasteiger partial charge in [-0.25, -0.2) is 9.90 Å². The van der Waals surface area contributed by atoms with Crippen molar-refractivity contribution in [3.05, 3.63) is 102 Å². The lowest BCUT2D eigenvalue weighted by Crippen LogP contribution is -2.47. The van der Waals surface area contributed by atoms with E-state index in [0.29, 0.717) is 12.2 Å². The summed E-state index contributed by atoms with van der Waals surface area (Å²) in [6.45, 7) is 0.596. The van der Waals surface area contributed by atoms with E-state index in [0.717, 1.165) is 11.3 Å². The number of rotatable bonds is 5. The number of hydroxylamine groups is 2. The van der Waals surface area contributed by atoms with Crippen molar-refractivity contribution in [2.24, 2.45) is 0 Å². The van der Waals surface area contributed by atoms with Gasteiger partial charge in [0.05, 0.1) is 6.54 Å². The molecule has 2 atom stereocenters. The van der Waals surface area contributed by atoms with Crippen LogP contribution in [0, 0.1) is 0 Å². The molecule has 142 valence electrons. The van der Waals surface area contributed by atoms with Crippen molar-refractivity contribution < 1.29 is 19.1 Å². The highest BCUT2D eigenvalue weighted by Gasteiger charge is 2.33. The summed E-state index contributed by atoms with van der Waals surface area (Å²) in [6, 6.07) is 28.2. The van der Waals surface area contributed by atoms with Gasteiger partial charge in [-0.05, 0) is 24.3 Å². The Labute approximate surface area is 164 Å². The average molecular weight is 375 g/mol. The van der Waals surface area contributed by atoms with Crippen molar-refractivity contribution in [2.75, 3.05) is 13.2 Å². The maximum absolute atomic E-state index is 12.9. The quantitative estimate of drug-likeness (QED) is 0.669. The maximum atomic E-state index is 12.9. The summed E-state index contributed by atoms with van der Waals surface area (Å²) in [6.07, 6.45) is -1.00. The number of hydrogen-bond donors (Lipinski definition) is 0. The molecule has 0 bridgehead atoms. The van der Waals surface area contributed by atoms with E-state index in [4.69, 9.17) is 14.3 Å². The first-order valence-corrected chi connectivity index (χ1v) is 9.21. The van der Waals surface area contributed by atoms with Crippen LogP contribution in [0.1, 0.15) is 22.2 Å². The number of para-hydroxylation sites is 1. The average Bonchev–Trinajstić information content (AvgIpc) is 2.79. The minimum atomic E-state index is -0.674. The van der Waals surface area contributed by atoms with Crippen LogP contribution in [0.15, 0.2) is 91.0 Å². The molecule has 1 saturated heterocycles. The number of carbonyl (C=O) groups excluding carboxylic acids is 1. The molecule has 0 spiro atoms. The van der Waals surface area contributed by atoms with Gasteiger partial charge in [-0.2, -0.15) is 0 Å². The number of hydrogen-bond acceptors (Lipinski definition) is 4. The molecule has 1 amide bonds. The fourth-order valence-electron chi connectivity index (χ4n) is 2.99. The van der Waals surface area contributed by atoms with E-state index >= 15 is 0 Å². The van der Waals surface area contributed by atoms with Crippen LogP contribution in [-0.4, -0.2) is 30.2 Å². The molecule has 0 aliphatic carbocycles. The maximum Gasteiger partial charge on any atom is 0.277 e. The molecule has 1 aliphatic rings. The fourth-order valence-corrected chi connectivity index (χ4v) is 2.99. The first-order chi connectivity index (χ1) is 13.8. The van der Waals surface area contributed by atoms with Crippen LogP contribution in [-0.2, 0) is 9.57 Å². The van der Waals surface area contributed by atoms with Crippen LogP contribution in [0.2, 0.25) is 0 Å². The fraction of sp³-hybridized carbons (Fsp3) is 0.174. The molecule has 28 heavy (non-hydrogen) atoms. The third-order valence-electron chi connectivity index (χ3n) is 4.41. The van der Waals surface area contributed by atoms with Crippen LogP contribution in [0.5, 0.6) is 5.75 Å². The largest absolute Gasteiger partial charge is 0.491 e. The molecule has 5 heteroatoms. The lowest BCUT2D eigenvalue weighted by atomic mass is 10.2. The van der Waals surface area contributed by atoms with E-state index in [9.17, 15) is 4.79 Å². The van der Waals surface area contributed by atoms with Gasteiger partial charge in [-0.3, -0.25) is 4.79 Å². The van der Waals surface area contributed by atoms with E-state index in [-0.39, 0.29) is 18.6 Å². The Bertz CT molecular complexity index is 886. The standard InChI is InChI=1S/C23H21NO4/c25-22(18-10-4-1-5-11-18)24-16-21(17-26-20-14-8-3-9-15-20)27-23(28-24)19-12-6-2-7-13-19/h1-15,21,23H,16-17H2/t21-,23+/m0/s1. The van der Waals surface area contributed by atoms with Gasteiger partial charge in [-0.1, -0.05) is 66.7 Å². The third-order valence-corrected chi connectivity index (χ3v) is 4.41. The number of benzene rings is 3. The smallest absolute Gasteiger partial charge is 0.277 e. The summed E-state index contributed by atoms with van der Waals surface area (Å²) in [7, 11) is 0. The normalized spacial score (nSPS) is 19.2. The Hall–Kier alpha value is -3.15. The van der Waals surface area contributed by atoms with E-state index in [1.807, 2.05) is 78.9 Å². The Balaban J connectivity index is 1.51. The molecule has 3 aromatic rings. The molecule has 4 rings (SSSR count). The van der Waals surface area contributed by atoms with Gasteiger partial charge < -0.3 is 9.47 Å². The highest BCUT2D eigenvalue weighted by atomic mass is 16.8. The van der Waals surface area contributed by atoms with E-state index < -0.39 is 6.29 Å². The number of carbonyl (C=O) groups is 1. The molecule has 0 unspecified atom stereocenters. The Kier molecular flexibility index (Phi) is 5.66. The predicted octanol–water partition coefficient (Wildman–Crippen LogP) is 4.24. The highest BCUT2D eigenvalue weighted by molar-refractivity contribution is 5.93. The number of ether oxygens (including phenoxy) is 2. The van der Waals surface area contributed by atoms with Crippen molar-refractivity contribution in [3.8, 4) is 5.75 Å². The molecule has 0 N–H and O–H groups in total. The van der Waals surface area contributed by atoms with Crippen LogP contribution in [0.3, 0.4) is 0 Å². The van der Waals surface area contributed by atoms with Crippen molar-refractivity contribution in [3.63, 3.8) is 0 Å². The van der Waals surface area contributed by atoms with Crippen molar-refractivity contribution in [1.82, 2.24) is 5.06 Å². The second-order valence-corrected chi connectivity index (χ2v) is 6.46. The Morgan fingerprint density at radius 2 is 1.50 bits per heavy atom. The lowest BCUT2D eigenvalue weighted by molar-refractivity contribution is -0.325. The number of amides is 1. The van der Waals surface area contributed by atoms with Gasteiger partial charge in [0.2, 0.25) is 6.29 Å². The second-order valence-electron chi connectivity index (χ2n) is 6.46. The van der Waals surface area contributed by atoms with Crippen LogP contribution < -0.4 is 4.74 Å². The molecule has 0 saturated carbocycles. The van der Waals surface area contributed by atoms with Gasteiger partial charge in [0.1, 0.15) is 18.5 Å². The molecule has 5 nitrogen and oxygen atoms in total. The zero-order valence-electron chi connectivity index (χ0n) is 15.3. The van der Waals surface area contributed by atoms with Crippen molar-refractivity contribution in [1.29, 1.82) is 0 Å². The van der Waals surface area contributed by atoms with Gasteiger partial charge in [0.15, 0.2) is 0 Å². The molecule has 0 aromatic heterocycles. The molecule has 0 radical (unpaired) electrons. The Morgan fingerprint density at radius 3 is 2.18 bits per heavy atom. The summed E-state index contributed by atoms with van der Waals surface area (Å²) in [5.41, 5.74) is 1.41. The first-order valence-electron chi connectivity index (χ1n) is 9.21. The molecule has 1 heterocycles. The van der Waals surface area contributed by atoms with Crippen LogP contribution >= 0.6 is 0 Å². The minimum Gasteiger partial charge on any atom is -0.491 e. The number of nitrogens with zero attached hydrogens (tertiary/aromatic N) is 1. The van der Waals surface area contributed by atoms with Gasteiger partial charge in [-0.15, -0.1) is 0 Å². The van der Waals surface area contributed by atoms with Gasteiger partial charge in [0.25, 0.3) is 5.91 Å². The van der Waals surface area contributed by atoms with Crippen LogP contribution in [0.4, 0.5) is 0 Å². The second kappa shape index (κ2) is 8.69. The zero-order chi connectivity index (χ0) is 19.2. The summed E-state index contributed by atoms with van der Waals surface area (Å²) >= 11 is 0. The van der Waals surface area contributed by atoms with E-state index in [1.54, 1.807) is 12.1 Å². The summed E-state index contributed by atoms with van der Waals surface area (Å²) in [5.74, 6) is 0.560. The van der Waals surface area contributed by atoms with Crippen LogP contribution in [0.25, 0.3) is 0 Å². The predicted molar refractivity (Wildman–Crippen MR) is 105 cm³/mol. The molecule has 1 fully saturated rings.